The normalized spacial score (nSPS) is 11.0. The van der Waals surface area contributed by atoms with Crippen molar-refractivity contribution in [1.29, 1.82) is 5.41 Å². The number of amidine groups is 1. The van der Waals surface area contributed by atoms with Crippen molar-refractivity contribution in [2.45, 2.75) is 32.2 Å². The molecule has 0 heterocycles. The highest BCUT2D eigenvalue weighted by Crippen LogP contribution is 2.08. The summed E-state index contributed by atoms with van der Waals surface area (Å²) >= 11 is 0. The molecule has 0 bridgehead atoms. The summed E-state index contributed by atoms with van der Waals surface area (Å²) < 4.78 is 0. The molecule has 0 spiro atoms. The minimum absolute atomic E-state index is 0.202. The lowest BCUT2D eigenvalue weighted by Crippen LogP contribution is -2.17. The van der Waals surface area contributed by atoms with Crippen molar-refractivity contribution in [3.05, 3.63) is 35.4 Å². The van der Waals surface area contributed by atoms with Crippen LogP contribution in [0.4, 0.5) is 0 Å². The maximum Gasteiger partial charge on any atom is 0.290 e. The van der Waals surface area contributed by atoms with Gasteiger partial charge in [-0.25, -0.2) is 0 Å². The van der Waals surface area contributed by atoms with Crippen LogP contribution >= 0.6 is 0 Å². The zero-order valence-electron chi connectivity index (χ0n) is 10.6. The average molecular weight is 251 g/mol. The zero-order chi connectivity index (χ0) is 14.0. The number of hydrogen-bond acceptors (Lipinski definition) is 3. The lowest BCUT2D eigenvalue weighted by atomic mass is 10.0. The predicted octanol–water partition coefficient (Wildman–Crippen LogP) is 1.15. The van der Waals surface area contributed by atoms with Gasteiger partial charge < -0.3 is 16.6 Å². The van der Waals surface area contributed by atoms with Crippen LogP contribution in [0, 0.1) is 5.41 Å². The monoisotopic (exact) mass is 251 g/mol. The molecule has 0 amide bonds. The maximum absolute atomic E-state index is 8.36. The molecule has 0 aliphatic carbocycles. The average Bonchev–Trinajstić information content (AvgIpc) is 2.28. The molecule has 1 atom stereocenters. The van der Waals surface area contributed by atoms with Crippen LogP contribution in [-0.4, -0.2) is 23.5 Å². The molecule has 6 N–H and O–H groups in total. The van der Waals surface area contributed by atoms with Crippen LogP contribution in [0.2, 0.25) is 0 Å². The van der Waals surface area contributed by atoms with Crippen LogP contribution in [0.5, 0.6) is 0 Å². The van der Waals surface area contributed by atoms with Crippen molar-refractivity contribution in [3.63, 3.8) is 0 Å². The molecule has 1 unspecified atom stereocenters. The number of aryl methyl sites for hydroxylation is 1. The molecule has 1 rings (SSSR count). The second kappa shape index (κ2) is 9.18. The SMILES string of the molecule is CC(N)Cc1ccc(CCC(=N)N)cc1.O=CO. The zero-order valence-corrected chi connectivity index (χ0v) is 10.6. The van der Waals surface area contributed by atoms with Crippen molar-refractivity contribution in [2.24, 2.45) is 11.5 Å². The number of benzene rings is 1. The van der Waals surface area contributed by atoms with Gasteiger partial charge in [0.05, 0.1) is 5.84 Å². The van der Waals surface area contributed by atoms with Gasteiger partial charge in [0.2, 0.25) is 0 Å². The summed E-state index contributed by atoms with van der Waals surface area (Å²) in [6.45, 7) is 1.75. The van der Waals surface area contributed by atoms with Gasteiger partial charge in [0.25, 0.3) is 6.47 Å². The lowest BCUT2D eigenvalue weighted by molar-refractivity contribution is -0.122. The Morgan fingerprint density at radius 2 is 1.83 bits per heavy atom. The molecule has 0 aromatic heterocycles. The molecular weight excluding hydrogens is 230 g/mol. The van der Waals surface area contributed by atoms with Crippen LogP contribution in [-0.2, 0) is 17.6 Å². The van der Waals surface area contributed by atoms with E-state index >= 15 is 0 Å². The molecule has 5 nitrogen and oxygen atoms in total. The fraction of sp³-hybridized carbons (Fsp3) is 0.385. The third kappa shape index (κ3) is 8.29. The van der Waals surface area contributed by atoms with Crippen LogP contribution in [0.25, 0.3) is 0 Å². The lowest BCUT2D eigenvalue weighted by Gasteiger charge is -2.06. The van der Waals surface area contributed by atoms with E-state index < -0.39 is 0 Å². The van der Waals surface area contributed by atoms with E-state index in [0.717, 1.165) is 12.8 Å². The van der Waals surface area contributed by atoms with Gasteiger partial charge in [-0.05, 0) is 30.9 Å². The van der Waals surface area contributed by atoms with E-state index in [1.165, 1.54) is 11.1 Å². The van der Waals surface area contributed by atoms with Crippen LogP contribution in [0.15, 0.2) is 24.3 Å². The van der Waals surface area contributed by atoms with Gasteiger partial charge in [0, 0.05) is 12.5 Å². The first-order chi connectivity index (χ1) is 8.49. The number of carboxylic acid groups (broad SMARTS) is 1. The summed E-state index contributed by atoms with van der Waals surface area (Å²) in [5, 5.41) is 14.0. The molecule has 0 aliphatic heterocycles. The fourth-order valence-corrected chi connectivity index (χ4v) is 1.49. The Balaban J connectivity index is 0.000000873. The minimum atomic E-state index is -0.250. The van der Waals surface area contributed by atoms with E-state index in [1.54, 1.807) is 0 Å². The fourth-order valence-electron chi connectivity index (χ4n) is 1.49. The molecule has 100 valence electrons. The standard InChI is InChI=1S/C12H19N3.CH2O2/c1-9(13)8-11-4-2-10(3-5-11)6-7-12(14)15;2-1-3/h2-5,9H,6-8,13H2,1H3,(H3,14,15);1H,(H,2,3). The first-order valence-electron chi connectivity index (χ1n) is 5.73. The second-order valence-corrected chi connectivity index (χ2v) is 4.13. The Morgan fingerprint density at radius 3 is 2.22 bits per heavy atom. The van der Waals surface area contributed by atoms with E-state index in [9.17, 15) is 0 Å². The highest BCUT2D eigenvalue weighted by atomic mass is 16.3. The summed E-state index contributed by atoms with van der Waals surface area (Å²) in [6, 6.07) is 8.56. The predicted molar refractivity (Wildman–Crippen MR) is 72.7 cm³/mol. The smallest absolute Gasteiger partial charge is 0.290 e. The van der Waals surface area contributed by atoms with Crippen molar-refractivity contribution >= 4 is 12.3 Å². The number of hydrogen-bond donors (Lipinski definition) is 4. The van der Waals surface area contributed by atoms with Gasteiger partial charge >= 0.3 is 0 Å². The second-order valence-electron chi connectivity index (χ2n) is 4.13. The van der Waals surface area contributed by atoms with Gasteiger partial charge in [-0.1, -0.05) is 24.3 Å². The van der Waals surface area contributed by atoms with E-state index in [2.05, 4.69) is 24.3 Å². The summed E-state index contributed by atoms with van der Waals surface area (Å²) in [5.41, 5.74) is 13.5. The van der Waals surface area contributed by atoms with E-state index in [1.807, 2.05) is 6.92 Å². The number of nitrogens with one attached hydrogen (secondary N) is 1. The van der Waals surface area contributed by atoms with Crippen molar-refractivity contribution in [1.82, 2.24) is 0 Å². The summed E-state index contributed by atoms with van der Waals surface area (Å²) in [7, 11) is 0. The molecule has 0 radical (unpaired) electrons. The van der Waals surface area contributed by atoms with E-state index in [0.29, 0.717) is 6.42 Å². The van der Waals surface area contributed by atoms with Crippen molar-refractivity contribution in [2.75, 3.05) is 0 Å². The van der Waals surface area contributed by atoms with Crippen LogP contribution in [0.3, 0.4) is 0 Å². The van der Waals surface area contributed by atoms with Crippen LogP contribution < -0.4 is 11.5 Å². The Kier molecular flexibility index (Phi) is 8.22. The van der Waals surface area contributed by atoms with Gasteiger partial charge in [-0.3, -0.25) is 10.2 Å². The van der Waals surface area contributed by atoms with Gasteiger partial charge in [-0.15, -0.1) is 0 Å². The molecule has 0 saturated heterocycles. The molecule has 0 saturated carbocycles. The first kappa shape index (κ1) is 16.1. The third-order valence-electron chi connectivity index (χ3n) is 2.26. The van der Waals surface area contributed by atoms with Gasteiger partial charge in [0.15, 0.2) is 0 Å². The Bertz CT molecular complexity index is 361. The van der Waals surface area contributed by atoms with Gasteiger partial charge in [0.1, 0.15) is 0 Å². The molecule has 0 aliphatic rings. The van der Waals surface area contributed by atoms with Crippen LogP contribution in [0.1, 0.15) is 24.5 Å². The Morgan fingerprint density at radius 1 is 1.39 bits per heavy atom. The molecular formula is C13H21N3O2. The quantitative estimate of drug-likeness (QED) is 0.357. The number of carbonyl (C=O) groups is 1. The Hall–Kier alpha value is -1.88. The summed E-state index contributed by atoms with van der Waals surface area (Å²) in [4.78, 5) is 8.36. The largest absolute Gasteiger partial charge is 0.483 e. The summed E-state index contributed by atoms with van der Waals surface area (Å²) in [5.74, 6) is 0.245. The topological polar surface area (TPSA) is 113 Å². The minimum Gasteiger partial charge on any atom is -0.483 e. The number of nitrogens with two attached hydrogens (primary N) is 2. The molecule has 18 heavy (non-hydrogen) atoms. The Labute approximate surface area is 107 Å². The summed E-state index contributed by atoms with van der Waals surface area (Å²) in [6.07, 6.45) is 2.38. The van der Waals surface area contributed by atoms with Crippen molar-refractivity contribution < 1.29 is 9.90 Å². The molecule has 0 fully saturated rings. The maximum atomic E-state index is 8.36. The molecule has 1 aromatic carbocycles. The van der Waals surface area contributed by atoms with E-state index in [-0.39, 0.29) is 18.3 Å². The highest BCUT2D eigenvalue weighted by Gasteiger charge is 1.99. The highest BCUT2D eigenvalue weighted by molar-refractivity contribution is 5.77. The van der Waals surface area contributed by atoms with E-state index in [4.69, 9.17) is 26.8 Å². The first-order valence-corrected chi connectivity index (χ1v) is 5.73. The molecule has 1 aromatic rings. The number of rotatable bonds is 5. The molecule has 5 heteroatoms. The third-order valence-corrected chi connectivity index (χ3v) is 2.26. The van der Waals surface area contributed by atoms with Gasteiger partial charge in [-0.2, -0.15) is 0 Å². The van der Waals surface area contributed by atoms with Crippen molar-refractivity contribution in [3.8, 4) is 0 Å².